The van der Waals surface area contributed by atoms with Crippen molar-refractivity contribution in [2.75, 3.05) is 11.9 Å². The number of nitrogens with two attached hydrogens (primary N) is 1. The molecule has 0 saturated carbocycles. The topological polar surface area (TPSA) is 84.2 Å². The van der Waals surface area contributed by atoms with Gasteiger partial charge in [-0.15, -0.1) is 12.4 Å². The van der Waals surface area contributed by atoms with Gasteiger partial charge in [0.05, 0.1) is 5.92 Å². The molecular formula is C15H24ClN3O2. The second-order valence-corrected chi connectivity index (χ2v) is 5.03. The zero-order valence-corrected chi connectivity index (χ0v) is 13.7. The minimum atomic E-state index is -0.289. The molecule has 5 nitrogen and oxygen atoms in total. The number of nitrogens with one attached hydrogen (secondary N) is 2. The number of carbonyl (C=O) groups is 2. The molecule has 0 aliphatic heterocycles. The Labute approximate surface area is 132 Å². The molecule has 21 heavy (non-hydrogen) atoms. The smallest absolute Gasteiger partial charge is 0.251 e. The van der Waals surface area contributed by atoms with Gasteiger partial charge in [0.1, 0.15) is 0 Å². The van der Waals surface area contributed by atoms with Crippen molar-refractivity contribution in [3.63, 3.8) is 0 Å². The molecule has 6 heteroatoms. The lowest BCUT2D eigenvalue weighted by molar-refractivity contribution is -0.119. The summed E-state index contributed by atoms with van der Waals surface area (Å²) in [6, 6.07) is 5.02. The first-order valence-electron chi connectivity index (χ1n) is 6.82. The fourth-order valence-corrected chi connectivity index (χ4v) is 1.65. The van der Waals surface area contributed by atoms with Gasteiger partial charge in [0, 0.05) is 23.8 Å². The Balaban J connectivity index is 0.00000400. The average molecular weight is 314 g/mol. The normalized spacial score (nSPS) is 12.8. The van der Waals surface area contributed by atoms with Crippen molar-refractivity contribution in [2.45, 2.75) is 33.7 Å². The Morgan fingerprint density at radius 3 is 2.43 bits per heavy atom. The quantitative estimate of drug-likeness (QED) is 0.778. The van der Waals surface area contributed by atoms with Gasteiger partial charge in [-0.2, -0.15) is 0 Å². The second-order valence-electron chi connectivity index (χ2n) is 5.03. The molecule has 1 aromatic rings. The number of anilines is 1. The Bertz CT molecular complexity index is 504. The lowest BCUT2D eigenvalue weighted by Gasteiger charge is -2.17. The van der Waals surface area contributed by atoms with Crippen molar-refractivity contribution in [2.24, 2.45) is 11.7 Å². The molecule has 0 saturated heterocycles. The molecule has 0 heterocycles. The van der Waals surface area contributed by atoms with Gasteiger partial charge < -0.3 is 16.4 Å². The van der Waals surface area contributed by atoms with E-state index >= 15 is 0 Å². The summed E-state index contributed by atoms with van der Waals surface area (Å²) in [6.45, 7) is 7.88. The van der Waals surface area contributed by atoms with Crippen LogP contribution in [-0.2, 0) is 4.79 Å². The van der Waals surface area contributed by atoms with E-state index in [2.05, 4.69) is 10.6 Å². The molecule has 0 aliphatic rings. The van der Waals surface area contributed by atoms with Gasteiger partial charge in [-0.3, -0.25) is 9.59 Å². The maximum Gasteiger partial charge on any atom is 0.251 e. The molecule has 0 radical (unpaired) electrons. The largest absolute Gasteiger partial charge is 0.352 e. The fraction of sp³-hybridized carbons (Fsp3) is 0.467. The summed E-state index contributed by atoms with van der Waals surface area (Å²) in [5.74, 6) is -0.582. The first-order chi connectivity index (χ1) is 9.36. The molecule has 2 unspecified atom stereocenters. The van der Waals surface area contributed by atoms with Crippen LogP contribution in [0.2, 0.25) is 0 Å². The van der Waals surface area contributed by atoms with Crippen molar-refractivity contribution in [3.8, 4) is 0 Å². The first-order valence-corrected chi connectivity index (χ1v) is 6.82. The molecule has 0 aliphatic carbocycles. The molecule has 1 rings (SSSR count). The predicted molar refractivity (Wildman–Crippen MR) is 87.9 cm³/mol. The standard InChI is InChI=1S/C15H23N3O2.ClH/c1-5-17-15(20)12-7-6-9(2)13(8-12)18-14(19)10(3)11(4)16;/h6-8,10-11H,5,16H2,1-4H3,(H,17,20)(H,18,19);1H. The molecule has 2 atom stereocenters. The van der Waals surface area contributed by atoms with Crippen LogP contribution in [0.15, 0.2) is 18.2 Å². The van der Waals surface area contributed by atoms with E-state index in [0.717, 1.165) is 5.56 Å². The molecule has 118 valence electrons. The summed E-state index contributed by atoms with van der Waals surface area (Å²) in [6.07, 6.45) is 0. The highest BCUT2D eigenvalue weighted by Crippen LogP contribution is 2.18. The van der Waals surface area contributed by atoms with E-state index in [9.17, 15) is 9.59 Å². The molecule has 0 aromatic heterocycles. The average Bonchev–Trinajstić information content (AvgIpc) is 2.40. The van der Waals surface area contributed by atoms with E-state index in [1.54, 1.807) is 26.0 Å². The fourth-order valence-electron chi connectivity index (χ4n) is 1.65. The summed E-state index contributed by atoms with van der Waals surface area (Å²) in [4.78, 5) is 23.8. The predicted octanol–water partition coefficient (Wildman–Crippen LogP) is 2.09. The number of benzene rings is 1. The number of aryl methyl sites for hydroxylation is 1. The Morgan fingerprint density at radius 2 is 1.90 bits per heavy atom. The van der Waals surface area contributed by atoms with Gasteiger partial charge in [-0.1, -0.05) is 13.0 Å². The van der Waals surface area contributed by atoms with Crippen LogP contribution in [0.5, 0.6) is 0 Å². The van der Waals surface area contributed by atoms with E-state index < -0.39 is 0 Å². The lowest BCUT2D eigenvalue weighted by atomic mass is 10.0. The molecule has 0 fully saturated rings. The molecular weight excluding hydrogens is 290 g/mol. The maximum atomic E-state index is 12.0. The van der Waals surface area contributed by atoms with Crippen LogP contribution in [0.1, 0.15) is 36.7 Å². The molecule has 0 spiro atoms. The lowest BCUT2D eigenvalue weighted by Crippen LogP contribution is -2.34. The second kappa shape index (κ2) is 8.64. The Hall–Kier alpha value is -1.59. The van der Waals surface area contributed by atoms with Crippen LogP contribution in [0.25, 0.3) is 0 Å². The van der Waals surface area contributed by atoms with E-state index in [-0.39, 0.29) is 36.2 Å². The van der Waals surface area contributed by atoms with Crippen LogP contribution in [-0.4, -0.2) is 24.4 Å². The number of hydrogen-bond donors (Lipinski definition) is 3. The van der Waals surface area contributed by atoms with Gasteiger partial charge in [0.25, 0.3) is 5.91 Å². The van der Waals surface area contributed by atoms with E-state index in [1.165, 1.54) is 0 Å². The van der Waals surface area contributed by atoms with Crippen molar-refractivity contribution in [1.82, 2.24) is 5.32 Å². The van der Waals surface area contributed by atoms with Crippen molar-refractivity contribution in [1.29, 1.82) is 0 Å². The third-order valence-corrected chi connectivity index (χ3v) is 3.30. The number of rotatable bonds is 5. The summed E-state index contributed by atoms with van der Waals surface area (Å²) in [5, 5.41) is 5.56. The van der Waals surface area contributed by atoms with Gasteiger partial charge in [-0.05, 0) is 38.5 Å². The van der Waals surface area contributed by atoms with E-state index in [0.29, 0.717) is 17.8 Å². The molecule has 2 amide bonds. The molecule has 1 aromatic carbocycles. The number of hydrogen-bond acceptors (Lipinski definition) is 3. The van der Waals surface area contributed by atoms with Gasteiger partial charge in [0.2, 0.25) is 5.91 Å². The minimum absolute atomic E-state index is 0. The van der Waals surface area contributed by atoms with Crippen LogP contribution in [0.4, 0.5) is 5.69 Å². The van der Waals surface area contributed by atoms with E-state index in [4.69, 9.17) is 5.73 Å². The summed E-state index contributed by atoms with van der Waals surface area (Å²) in [5.41, 5.74) is 7.80. The van der Waals surface area contributed by atoms with Gasteiger partial charge in [0.15, 0.2) is 0 Å². The van der Waals surface area contributed by atoms with E-state index in [1.807, 2.05) is 19.9 Å². The van der Waals surface area contributed by atoms with Crippen molar-refractivity contribution in [3.05, 3.63) is 29.3 Å². The van der Waals surface area contributed by atoms with Gasteiger partial charge >= 0.3 is 0 Å². The van der Waals surface area contributed by atoms with Crippen LogP contribution < -0.4 is 16.4 Å². The van der Waals surface area contributed by atoms with Crippen LogP contribution >= 0.6 is 12.4 Å². The van der Waals surface area contributed by atoms with Crippen LogP contribution in [0.3, 0.4) is 0 Å². The Kier molecular flexibility index (Phi) is 7.99. The summed E-state index contributed by atoms with van der Waals surface area (Å²) in [7, 11) is 0. The third-order valence-electron chi connectivity index (χ3n) is 3.30. The number of halogens is 1. The van der Waals surface area contributed by atoms with Crippen LogP contribution in [0, 0.1) is 12.8 Å². The highest BCUT2D eigenvalue weighted by molar-refractivity contribution is 5.98. The zero-order chi connectivity index (χ0) is 15.3. The van der Waals surface area contributed by atoms with Crippen molar-refractivity contribution < 1.29 is 9.59 Å². The summed E-state index contributed by atoms with van der Waals surface area (Å²) < 4.78 is 0. The van der Waals surface area contributed by atoms with Crippen molar-refractivity contribution >= 4 is 29.9 Å². The van der Waals surface area contributed by atoms with Gasteiger partial charge in [-0.25, -0.2) is 0 Å². The molecule has 0 bridgehead atoms. The summed E-state index contributed by atoms with van der Waals surface area (Å²) >= 11 is 0. The SMILES string of the molecule is CCNC(=O)c1ccc(C)c(NC(=O)C(C)C(C)N)c1.Cl. The maximum absolute atomic E-state index is 12.0. The minimum Gasteiger partial charge on any atom is -0.352 e. The highest BCUT2D eigenvalue weighted by atomic mass is 35.5. The number of amides is 2. The Morgan fingerprint density at radius 1 is 1.29 bits per heavy atom. The monoisotopic (exact) mass is 313 g/mol. The number of carbonyl (C=O) groups excluding carboxylic acids is 2. The zero-order valence-electron chi connectivity index (χ0n) is 12.9. The third kappa shape index (κ3) is 5.36. The first kappa shape index (κ1) is 19.4. The molecule has 4 N–H and O–H groups in total. The highest BCUT2D eigenvalue weighted by Gasteiger charge is 2.18.